The summed E-state index contributed by atoms with van der Waals surface area (Å²) in [5.41, 5.74) is 5.07. The van der Waals surface area contributed by atoms with E-state index >= 15 is 0 Å². The van der Waals surface area contributed by atoms with Crippen molar-refractivity contribution in [3.63, 3.8) is 0 Å². The van der Waals surface area contributed by atoms with Crippen LogP contribution in [0.1, 0.15) is 42.4 Å². The molecule has 0 bridgehead atoms. The van der Waals surface area contributed by atoms with E-state index < -0.39 is 0 Å². The highest BCUT2D eigenvalue weighted by Gasteiger charge is 2.22. The van der Waals surface area contributed by atoms with Crippen LogP contribution in [0, 0.1) is 19.8 Å². The van der Waals surface area contributed by atoms with Crippen LogP contribution in [0.3, 0.4) is 0 Å². The minimum atomic E-state index is 0.451. The minimum absolute atomic E-state index is 0.451. The maximum Gasteiger partial charge on any atom is 0.225 e. The van der Waals surface area contributed by atoms with Gasteiger partial charge < -0.3 is 15.5 Å². The molecule has 5 nitrogen and oxygen atoms in total. The molecule has 1 saturated carbocycles. The molecule has 0 amide bonds. The lowest BCUT2D eigenvalue weighted by Gasteiger charge is -2.29. The zero-order chi connectivity index (χ0) is 21.8. The summed E-state index contributed by atoms with van der Waals surface area (Å²) in [6, 6.07) is 15.5. The third-order valence-corrected chi connectivity index (χ3v) is 6.23. The molecule has 31 heavy (non-hydrogen) atoms. The Hall–Kier alpha value is -2.66. The highest BCUT2D eigenvalue weighted by Crippen LogP contribution is 2.28. The topological polar surface area (TPSA) is 53.1 Å². The number of para-hydroxylation sites is 1. The molecule has 1 aromatic heterocycles. The number of nitrogens with zero attached hydrogens (tertiary/aromatic N) is 3. The van der Waals surface area contributed by atoms with Gasteiger partial charge in [-0.3, -0.25) is 0 Å². The number of aromatic nitrogens is 2. The van der Waals surface area contributed by atoms with E-state index in [2.05, 4.69) is 59.7 Å². The molecule has 2 N–H and O–H groups in total. The zero-order valence-electron chi connectivity index (χ0n) is 19.3. The Morgan fingerprint density at radius 1 is 0.935 bits per heavy atom. The van der Waals surface area contributed by atoms with Gasteiger partial charge in [-0.15, -0.1) is 0 Å². The number of anilines is 2. The van der Waals surface area contributed by atoms with Gasteiger partial charge in [-0.1, -0.05) is 41.5 Å². The predicted molar refractivity (Wildman–Crippen MR) is 131 cm³/mol. The Morgan fingerprint density at radius 2 is 1.65 bits per heavy atom. The molecule has 1 aliphatic carbocycles. The summed E-state index contributed by atoms with van der Waals surface area (Å²) in [4.78, 5) is 11.6. The Morgan fingerprint density at radius 3 is 2.35 bits per heavy atom. The lowest BCUT2D eigenvalue weighted by atomic mass is 9.86. The number of aryl methyl sites for hydroxylation is 2. The van der Waals surface area contributed by atoms with Crippen LogP contribution in [0.5, 0.6) is 0 Å². The molecule has 0 saturated heterocycles. The lowest BCUT2D eigenvalue weighted by molar-refractivity contribution is 0.324. The fourth-order valence-electron chi connectivity index (χ4n) is 4.75. The van der Waals surface area contributed by atoms with E-state index in [0.29, 0.717) is 6.04 Å². The summed E-state index contributed by atoms with van der Waals surface area (Å²) in [6.45, 7) is 6.40. The fraction of sp³-hybridized carbons (Fsp3) is 0.462. The van der Waals surface area contributed by atoms with Gasteiger partial charge in [0.25, 0.3) is 0 Å². The molecule has 5 heteroatoms. The van der Waals surface area contributed by atoms with Crippen LogP contribution in [0.25, 0.3) is 10.9 Å². The first-order valence-electron chi connectivity index (χ1n) is 11.5. The van der Waals surface area contributed by atoms with Crippen LogP contribution >= 0.6 is 0 Å². The molecule has 0 atom stereocenters. The second kappa shape index (κ2) is 9.65. The van der Waals surface area contributed by atoms with Crippen LogP contribution in [-0.4, -0.2) is 36.6 Å². The van der Waals surface area contributed by atoms with Crippen molar-refractivity contribution in [2.45, 2.75) is 52.1 Å². The first-order chi connectivity index (χ1) is 15.0. The molecular weight excluding hydrogens is 382 g/mol. The molecule has 0 aliphatic heterocycles. The van der Waals surface area contributed by atoms with Crippen LogP contribution in [0.15, 0.2) is 42.5 Å². The van der Waals surface area contributed by atoms with E-state index in [-0.39, 0.29) is 0 Å². The Labute approximate surface area is 186 Å². The average molecular weight is 418 g/mol. The normalized spacial score (nSPS) is 18.8. The molecule has 3 aromatic rings. The largest absolute Gasteiger partial charge is 0.362 e. The molecule has 4 rings (SSSR count). The average Bonchev–Trinajstić information content (AvgIpc) is 2.73. The first kappa shape index (κ1) is 21.6. The second-order valence-corrected chi connectivity index (χ2v) is 9.27. The predicted octanol–water partition coefficient (Wildman–Crippen LogP) is 5.07. The molecule has 2 aromatic carbocycles. The van der Waals surface area contributed by atoms with Gasteiger partial charge >= 0.3 is 0 Å². The molecule has 0 radical (unpaired) electrons. The molecular formula is C26H35N5. The molecule has 0 unspecified atom stereocenters. The maximum absolute atomic E-state index is 4.80. The van der Waals surface area contributed by atoms with E-state index in [4.69, 9.17) is 9.97 Å². The Balaban J connectivity index is 1.29. The number of benzene rings is 2. The number of hydrogen-bond acceptors (Lipinski definition) is 5. The third-order valence-electron chi connectivity index (χ3n) is 6.23. The van der Waals surface area contributed by atoms with Gasteiger partial charge in [0.2, 0.25) is 5.95 Å². The van der Waals surface area contributed by atoms with Gasteiger partial charge in [0.05, 0.1) is 5.52 Å². The van der Waals surface area contributed by atoms with Crippen LogP contribution in [0.2, 0.25) is 0 Å². The number of nitrogens with one attached hydrogen (secondary N) is 2. The van der Waals surface area contributed by atoms with E-state index in [1.807, 2.05) is 26.2 Å². The number of fused-ring (bicyclic) bond motifs is 1. The summed E-state index contributed by atoms with van der Waals surface area (Å²) >= 11 is 0. The van der Waals surface area contributed by atoms with Gasteiger partial charge in [0.15, 0.2) is 0 Å². The van der Waals surface area contributed by atoms with Crippen molar-refractivity contribution in [1.82, 2.24) is 15.3 Å². The van der Waals surface area contributed by atoms with Crippen molar-refractivity contribution < 1.29 is 0 Å². The lowest BCUT2D eigenvalue weighted by Crippen LogP contribution is -2.31. The summed E-state index contributed by atoms with van der Waals surface area (Å²) in [7, 11) is 4.07. The SMILES string of the molecule is Cc1cc(C)cc(CNC[C@H]2CC[C@@H](Nc3nc(N(C)C)c4ccccc4n3)CC2)c1. The molecule has 1 aliphatic rings. The third kappa shape index (κ3) is 5.53. The quantitative estimate of drug-likeness (QED) is 0.562. The van der Waals surface area contributed by atoms with Crippen LogP contribution in [-0.2, 0) is 6.54 Å². The summed E-state index contributed by atoms with van der Waals surface area (Å²) in [5, 5.41) is 8.39. The summed E-state index contributed by atoms with van der Waals surface area (Å²) in [6.07, 6.45) is 4.82. The van der Waals surface area contributed by atoms with Crippen LogP contribution in [0.4, 0.5) is 11.8 Å². The van der Waals surface area contributed by atoms with Crippen molar-refractivity contribution in [1.29, 1.82) is 0 Å². The molecule has 164 valence electrons. The van der Waals surface area contributed by atoms with Gasteiger partial charge in [-0.05, 0) is 69.7 Å². The minimum Gasteiger partial charge on any atom is -0.362 e. The van der Waals surface area contributed by atoms with Gasteiger partial charge in [-0.2, -0.15) is 4.98 Å². The first-order valence-corrected chi connectivity index (χ1v) is 11.5. The molecule has 1 heterocycles. The summed E-state index contributed by atoms with van der Waals surface area (Å²) in [5.74, 6) is 2.47. The van der Waals surface area contributed by atoms with E-state index in [0.717, 1.165) is 41.7 Å². The molecule has 1 fully saturated rings. The van der Waals surface area contributed by atoms with Crippen molar-refractivity contribution in [3.8, 4) is 0 Å². The van der Waals surface area contributed by atoms with E-state index in [1.54, 1.807) is 0 Å². The van der Waals surface area contributed by atoms with Crippen molar-refractivity contribution in [2.75, 3.05) is 30.9 Å². The van der Waals surface area contributed by atoms with Crippen molar-refractivity contribution >= 4 is 22.7 Å². The van der Waals surface area contributed by atoms with Crippen molar-refractivity contribution in [2.24, 2.45) is 5.92 Å². The number of hydrogen-bond donors (Lipinski definition) is 2. The Bertz CT molecular complexity index is 1000. The van der Waals surface area contributed by atoms with E-state index in [1.165, 1.54) is 42.4 Å². The highest BCUT2D eigenvalue weighted by molar-refractivity contribution is 5.90. The zero-order valence-corrected chi connectivity index (χ0v) is 19.3. The number of rotatable bonds is 7. The van der Waals surface area contributed by atoms with E-state index in [9.17, 15) is 0 Å². The van der Waals surface area contributed by atoms with Gasteiger partial charge in [0, 0.05) is 32.1 Å². The fourth-order valence-corrected chi connectivity index (χ4v) is 4.75. The highest BCUT2D eigenvalue weighted by atomic mass is 15.2. The monoisotopic (exact) mass is 417 g/mol. The van der Waals surface area contributed by atoms with Crippen LogP contribution < -0.4 is 15.5 Å². The standard InChI is InChI=1S/C26H35N5/c1-18-13-19(2)15-21(14-18)17-27-16-20-9-11-22(12-10-20)28-26-29-24-8-6-5-7-23(24)25(30-26)31(3)4/h5-8,13-15,20,22,27H,9-12,16-17H2,1-4H3,(H,28,29,30)/t20-,22+. The molecule has 0 spiro atoms. The van der Waals surface area contributed by atoms with Crippen molar-refractivity contribution in [3.05, 3.63) is 59.2 Å². The summed E-state index contributed by atoms with van der Waals surface area (Å²) < 4.78 is 0. The second-order valence-electron chi connectivity index (χ2n) is 9.27. The van der Waals surface area contributed by atoms with Gasteiger partial charge in [0.1, 0.15) is 5.82 Å². The maximum atomic E-state index is 4.80. The Kier molecular flexibility index (Phi) is 6.71. The van der Waals surface area contributed by atoms with Gasteiger partial charge in [-0.25, -0.2) is 4.98 Å². The smallest absolute Gasteiger partial charge is 0.225 e.